The maximum Gasteiger partial charge on any atom is 0.222 e. The van der Waals surface area contributed by atoms with Crippen LogP contribution < -0.4 is 5.32 Å². The second kappa shape index (κ2) is 8.11. The number of hydrogen-bond donors (Lipinski definition) is 1. The number of hydrogen-bond acceptors (Lipinski definition) is 2. The summed E-state index contributed by atoms with van der Waals surface area (Å²) in [6, 6.07) is 0. The van der Waals surface area contributed by atoms with Crippen molar-refractivity contribution in [3.8, 4) is 0 Å². The second-order valence-corrected chi connectivity index (χ2v) is 6.36. The summed E-state index contributed by atoms with van der Waals surface area (Å²) in [5, 5.41) is 3.44. The number of carbonyl (C=O) groups excluding carboxylic acids is 1. The first-order chi connectivity index (χ1) is 8.66. The molecule has 1 saturated heterocycles. The third-order valence-corrected chi connectivity index (χ3v) is 4.82. The normalized spacial score (nSPS) is 25.1. The summed E-state index contributed by atoms with van der Waals surface area (Å²) in [7, 11) is 1.98. The van der Waals surface area contributed by atoms with Crippen molar-refractivity contribution < 1.29 is 4.79 Å². The van der Waals surface area contributed by atoms with Crippen LogP contribution in [-0.4, -0.2) is 37.5 Å². The number of piperidine rings is 1. The quantitative estimate of drug-likeness (QED) is 0.844. The smallest absolute Gasteiger partial charge is 0.222 e. The zero-order valence-electron chi connectivity index (χ0n) is 12.4. The molecular weight excluding hydrogens is 260 g/mol. The monoisotopic (exact) mass is 288 g/mol. The number of halogens is 1. The van der Waals surface area contributed by atoms with Crippen molar-refractivity contribution in [2.45, 2.75) is 45.4 Å². The number of amides is 1. The largest absolute Gasteiger partial charge is 0.345 e. The van der Waals surface area contributed by atoms with E-state index < -0.39 is 0 Å². The summed E-state index contributed by atoms with van der Waals surface area (Å²) in [6.45, 7) is 5.47. The Kier molecular flexibility index (Phi) is 7.16. The summed E-state index contributed by atoms with van der Waals surface area (Å²) in [4.78, 5) is 14.1. The minimum atomic E-state index is 0. The molecule has 1 heterocycles. The van der Waals surface area contributed by atoms with Crippen molar-refractivity contribution in [1.82, 2.24) is 10.2 Å². The van der Waals surface area contributed by atoms with Gasteiger partial charge in [-0.25, -0.2) is 0 Å². The summed E-state index contributed by atoms with van der Waals surface area (Å²) >= 11 is 0. The van der Waals surface area contributed by atoms with Gasteiger partial charge in [-0.3, -0.25) is 4.79 Å². The zero-order valence-corrected chi connectivity index (χ0v) is 13.2. The average Bonchev–Trinajstić information content (AvgIpc) is 2.34. The van der Waals surface area contributed by atoms with E-state index >= 15 is 0 Å². The highest BCUT2D eigenvalue weighted by atomic mass is 35.5. The van der Waals surface area contributed by atoms with Crippen LogP contribution in [0.1, 0.15) is 45.4 Å². The van der Waals surface area contributed by atoms with Gasteiger partial charge in [0.25, 0.3) is 0 Å². The molecule has 19 heavy (non-hydrogen) atoms. The van der Waals surface area contributed by atoms with Crippen molar-refractivity contribution in [2.24, 2.45) is 17.8 Å². The Labute approximate surface area is 123 Å². The van der Waals surface area contributed by atoms with Gasteiger partial charge in [-0.2, -0.15) is 0 Å². The molecule has 2 rings (SSSR count). The Morgan fingerprint density at radius 2 is 2.05 bits per heavy atom. The molecule has 0 spiro atoms. The van der Waals surface area contributed by atoms with Crippen molar-refractivity contribution >= 4 is 18.3 Å². The predicted octanol–water partition coefficient (Wildman–Crippen LogP) is 2.69. The molecule has 1 aliphatic heterocycles. The van der Waals surface area contributed by atoms with E-state index in [4.69, 9.17) is 0 Å². The lowest BCUT2D eigenvalue weighted by atomic mass is 9.84. The SMILES string of the molecule is CC(CC(=O)N(C)CC1CCC1)C1CCCNC1.Cl. The first-order valence-corrected chi connectivity index (χ1v) is 7.61. The Balaban J connectivity index is 0.00000180. The van der Waals surface area contributed by atoms with E-state index in [1.807, 2.05) is 11.9 Å². The molecule has 1 N–H and O–H groups in total. The molecule has 2 unspecified atom stereocenters. The standard InChI is InChI=1S/C15H28N2O.ClH/c1-12(14-7-4-8-16-10-14)9-15(18)17(2)11-13-5-3-6-13;/h12-14,16H,3-11H2,1-2H3;1H. The molecule has 4 heteroatoms. The van der Waals surface area contributed by atoms with Gasteiger partial charge in [0.15, 0.2) is 0 Å². The molecule has 1 amide bonds. The minimum Gasteiger partial charge on any atom is -0.345 e. The van der Waals surface area contributed by atoms with Crippen LogP contribution in [0, 0.1) is 17.8 Å². The van der Waals surface area contributed by atoms with Gasteiger partial charge in [0, 0.05) is 20.0 Å². The van der Waals surface area contributed by atoms with Crippen molar-refractivity contribution in [3.63, 3.8) is 0 Å². The summed E-state index contributed by atoms with van der Waals surface area (Å²) in [6.07, 6.45) is 7.28. The molecule has 2 atom stereocenters. The van der Waals surface area contributed by atoms with Crippen LogP contribution in [0.25, 0.3) is 0 Å². The molecule has 1 aliphatic carbocycles. The van der Waals surface area contributed by atoms with Crippen LogP contribution in [0.15, 0.2) is 0 Å². The van der Waals surface area contributed by atoms with E-state index in [1.165, 1.54) is 32.1 Å². The topological polar surface area (TPSA) is 32.3 Å². The third-order valence-electron chi connectivity index (χ3n) is 4.82. The van der Waals surface area contributed by atoms with Gasteiger partial charge in [-0.05, 0) is 56.5 Å². The van der Waals surface area contributed by atoms with E-state index in [1.54, 1.807) is 0 Å². The summed E-state index contributed by atoms with van der Waals surface area (Å²) in [5.74, 6) is 2.35. The summed E-state index contributed by atoms with van der Waals surface area (Å²) < 4.78 is 0. The lowest BCUT2D eigenvalue weighted by molar-refractivity contribution is -0.132. The van der Waals surface area contributed by atoms with E-state index in [2.05, 4.69) is 12.2 Å². The lowest BCUT2D eigenvalue weighted by Gasteiger charge is -2.32. The first kappa shape index (κ1) is 16.8. The fourth-order valence-corrected chi connectivity index (χ4v) is 3.13. The van der Waals surface area contributed by atoms with Crippen LogP contribution in [0.3, 0.4) is 0 Å². The van der Waals surface area contributed by atoms with E-state index in [-0.39, 0.29) is 12.4 Å². The second-order valence-electron chi connectivity index (χ2n) is 6.36. The number of rotatable bonds is 5. The molecule has 0 radical (unpaired) electrons. The van der Waals surface area contributed by atoms with Crippen LogP contribution in [0.2, 0.25) is 0 Å². The third kappa shape index (κ3) is 4.96. The van der Waals surface area contributed by atoms with E-state index in [0.717, 1.165) is 32.0 Å². The van der Waals surface area contributed by atoms with Crippen molar-refractivity contribution in [1.29, 1.82) is 0 Å². The highest BCUT2D eigenvalue weighted by molar-refractivity contribution is 5.85. The minimum absolute atomic E-state index is 0. The molecule has 0 aromatic rings. The van der Waals surface area contributed by atoms with Gasteiger partial charge < -0.3 is 10.2 Å². The fraction of sp³-hybridized carbons (Fsp3) is 0.933. The van der Waals surface area contributed by atoms with Crippen molar-refractivity contribution in [2.75, 3.05) is 26.7 Å². The van der Waals surface area contributed by atoms with Crippen LogP contribution in [0.5, 0.6) is 0 Å². The van der Waals surface area contributed by atoms with Crippen LogP contribution >= 0.6 is 12.4 Å². The molecule has 2 aliphatic rings. The Bertz CT molecular complexity index is 275. The Morgan fingerprint density at radius 3 is 2.58 bits per heavy atom. The highest BCUT2D eigenvalue weighted by Gasteiger charge is 2.25. The number of carbonyl (C=O) groups is 1. The maximum absolute atomic E-state index is 12.2. The maximum atomic E-state index is 12.2. The summed E-state index contributed by atoms with van der Waals surface area (Å²) in [5.41, 5.74) is 0. The molecule has 0 bridgehead atoms. The molecule has 2 fully saturated rings. The van der Waals surface area contributed by atoms with Gasteiger partial charge >= 0.3 is 0 Å². The van der Waals surface area contributed by atoms with Crippen LogP contribution in [0.4, 0.5) is 0 Å². The van der Waals surface area contributed by atoms with Crippen molar-refractivity contribution in [3.05, 3.63) is 0 Å². The number of nitrogens with one attached hydrogen (secondary N) is 1. The van der Waals surface area contributed by atoms with Gasteiger partial charge in [0.2, 0.25) is 5.91 Å². The molecule has 0 aromatic heterocycles. The molecule has 112 valence electrons. The number of nitrogens with zero attached hydrogens (tertiary/aromatic N) is 1. The first-order valence-electron chi connectivity index (χ1n) is 7.61. The molecular formula is C15H29ClN2O. The predicted molar refractivity (Wildman–Crippen MR) is 81.6 cm³/mol. The lowest BCUT2D eigenvalue weighted by Crippen LogP contribution is -2.38. The van der Waals surface area contributed by atoms with Gasteiger partial charge in [-0.1, -0.05) is 13.3 Å². The van der Waals surface area contributed by atoms with Crippen LogP contribution in [-0.2, 0) is 4.79 Å². The van der Waals surface area contributed by atoms with Gasteiger partial charge in [0.1, 0.15) is 0 Å². The molecule has 0 aromatic carbocycles. The van der Waals surface area contributed by atoms with E-state index in [0.29, 0.717) is 17.7 Å². The average molecular weight is 289 g/mol. The van der Waals surface area contributed by atoms with Gasteiger partial charge in [0.05, 0.1) is 0 Å². The molecule has 1 saturated carbocycles. The Hall–Kier alpha value is -0.280. The van der Waals surface area contributed by atoms with Gasteiger partial charge in [-0.15, -0.1) is 12.4 Å². The molecule has 3 nitrogen and oxygen atoms in total. The highest BCUT2D eigenvalue weighted by Crippen LogP contribution is 2.28. The zero-order chi connectivity index (χ0) is 13.0. The Morgan fingerprint density at radius 1 is 1.32 bits per heavy atom. The van der Waals surface area contributed by atoms with E-state index in [9.17, 15) is 4.79 Å². The fourth-order valence-electron chi connectivity index (χ4n) is 3.13.